The molecule has 0 amide bonds. The first kappa shape index (κ1) is 21.0. The van der Waals surface area contributed by atoms with Crippen LogP contribution in [0.25, 0.3) is 0 Å². The number of esters is 1. The summed E-state index contributed by atoms with van der Waals surface area (Å²) in [5, 5.41) is 11.1. The van der Waals surface area contributed by atoms with Crippen LogP contribution >= 0.6 is 0 Å². The normalized spacial score (nSPS) is 10.6. The molecular weight excluding hydrogens is 384 g/mol. The number of aryl methyl sites for hydroxylation is 2. The average Bonchev–Trinajstić information content (AvgIpc) is 3.04. The number of rotatable bonds is 8. The molecule has 154 valence electrons. The Labute approximate surface area is 174 Å². The van der Waals surface area contributed by atoms with E-state index < -0.39 is 17.5 Å². The van der Waals surface area contributed by atoms with Gasteiger partial charge in [0.25, 0.3) is 5.69 Å². The quantitative estimate of drug-likeness (QED) is 0.241. The second-order valence-electron chi connectivity index (χ2n) is 6.95. The monoisotopic (exact) mass is 406 g/mol. The fraction of sp³-hybridized carbons (Fsp3) is 0.217. The first-order valence-corrected chi connectivity index (χ1v) is 9.53. The van der Waals surface area contributed by atoms with E-state index in [9.17, 15) is 19.7 Å². The van der Waals surface area contributed by atoms with Gasteiger partial charge in [0.15, 0.2) is 6.61 Å². The average molecular weight is 406 g/mol. The van der Waals surface area contributed by atoms with Crippen LogP contribution < -0.4 is 0 Å². The maximum Gasteiger partial charge on any atom is 0.345 e. The summed E-state index contributed by atoms with van der Waals surface area (Å²) >= 11 is 0. The molecule has 0 aliphatic carbocycles. The van der Waals surface area contributed by atoms with Crippen molar-refractivity contribution >= 4 is 17.4 Å². The van der Waals surface area contributed by atoms with Crippen molar-refractivity contribution in [3.63, 3.8) is 0 Å². The number of nitro groups is 1. The van der Waals surface area contributed by atoms with Gasteiger partial charge in [-0.25, -0.2) is 4.79 Å². The molecule has 7 heteroatoms. The van der Waals surface area contributed by atoms with Gasteiger partial charge in [-0.2, -0.15) is 0 Å². The predicted molar refractivity (Wildman–Crippen MR) is 112 cm³/mol. The Morgan fingerprint density at radius 1 is 1.00 bits per heavy atom. The first-order chi connectivity index (χ1) is 14.4. The highest BCUT2D eigenvalue weighted by Gasteiger charge is 2.22. The van der Waals surface area contributed by atoms with Crippen LogP contribution in [0, 0.1) is 24.0 Å². The van der Waals surface area contributed by atoms with Crippen LogP contribution in [0.3, 0.4) is 0 Å². The number of carbonyl (C=O) groups is 2. The maximum atomic E-state index is 12.6. The number of nitrogens with zero attached hydrogens (tertiary/aromatic N) is 2. The Balaban J connectivity index is 1.67. The van der Waals surface area contributed by atoms with Gasteiger partial charge in [-0.15, -0.1) is 0 Å². The highest BCUT2D eigenvalue weighted by Crippen LogP contribution is 2.20. The number of carbonyl (C=O) groups excluding carboxylic acids is 2. The molecule has 2 aromatic carbocycles. The lowest BCUT2D eigenvalue weighted by molar-refractivity contribution is -0.385. The largest absolute Gasteiger partial charge is 0.454 e. The third-order valence-electron chi connectivity index (χ3n) is 5.00. The van der Waals surface area contributed by atoms with Gasteiger partial charge < -0.3 is 9.30 Å². The summed E-state index contributed by atoms with van der Waals surface area (Å²) in [6.07, 6.45) is 0.831. The van der Waals surface area contributed by atoms with Gasteiger partial charge in [-0.05, 0) is 38.0 Å². The van der Waals surface area contributed by atoms with E-state index in [0.717, 1.165) is 24.4 Å². The van der Waals surface area contributed by atoms with E-state index in [1.807, 2.05) is 32.0 Å². The molecule has 0 N–H and O–H groups in total. The second-order valence-corrected chi connectivity index (χ2v) is 6.95. The molecule has 0 spiro atoms. The van der Waals surface area contributed by atoms with Crippen LogP contribution in [-0.4, -0.2) is 27.8 Å². The Bertz CT molecular complexity index is 1090. The molecule has 0 saturated carbocycles. The molecule has 30 heavy (non-hydrogen) atoms. The van der Waals surface area contributed by atoms with E-state index in [1.54, 1.807) is 6.07 Å². The number of ketones is 1. The van der Waals surface area contributed by atoms with Crippen molar-refractivity contribution in [1.82, 2.24) is 4.57 Å². The van der Waals surface area contributed by atoms with Crippen LogP contribution in [-0.2, 0) is 17.7 Å². The molecule has 0 fully saturated rings. The van der Waals surface area contributed by atoms with Crippen molar-refractivity contribution in [2.75, 3.05) is 6.61 Å². The Hall–Kier alpha value is -3.74. The van der Waals surface area contributed by atoms with Crippen molar-refractivity contribution in [3.05, 3.63) is 98.9 Å². The zero-order valence-corrected chi connectivity index (χ0v) is 16.8. The van der Waals surface area contributed by atoms with Crippen molar-refractivity contribution in [1.29, 1.82) is 0 Å². The summed E-state index contributed by atoms with van der Waals surface area (Å²) in [6.45, 7) is 4.03. The van der Waals surface area contributed by atoms with Gasteiger partial charge in [0.1, 0.15) is 5.56 Å². The molecule has 1 aromatic heterocycles. The highest BCUT2D eigenvalue weighted by atomic mass is 16.6. The molecule has 0 aliphatic heterocycles. The van der Waals surface area contributed by atoms with Gasteiger partial charge in [0, 0.05) is 29.6 Å². The number of benzene rings is 2. The molecule has 3 rings (SSSR count). The van der Waals surface area contributed by atoms with Crippen LogP contribution in [0.5, 0.6) is 0 Å². The molecule has 0 radical (unpaired) electrons. The van der Waals surface area contributed by atoms with Gasteiger partial charge in [0.05, 0.1) is 4.92 Å². The lowest BCUT2D eigenvalue weighted by Gasteiger charge is -2.10. The zero-order valence-electron chi connectivity index (χ0n) is 16.8. The van der Waals surface area contributed by atoms with Gasteiger partial charge in [-0.1, -0.05) is 42.5 Å². The summed E-state index contributed by atoms with van der Waals surface area (Å²) in [7, 11) is 0. The van der Waals surface area contributed by atoms with E-state index in [1.165, 1.54) is 29.8 Å². The molecule has 0 unspecified atom stereocenters. The number of nitro benzene ring substituents is 1. The fourth-order valence-corrected chi connectivity index (χ4v) is 3.41. The SMILES string of the molecule is Cc1cc(C(=O)COC(=O)c2ccccc2[N+](=O)[O-])c(C)n1CCc1ccccc1. The van der Waals surface area contributed by atoms with E-state index in [4.69, 9.17) is 4.74 Å². The first-order valence-electron chi connectivity index (χ1n) is 9.53. The van der Waals surface area contributed by atoms with Gasteiger partial charge in [-0.3, -0.25) is 14.9 Å². The smallest absolute Gasteiger partial charge is 0.345 e. The molecule has 7 nitrogen and oxygen atoms in total. The van der Waals surface area contributed by atoms with Crippen LogP contribution in [0.2, 0.25) is 0 Å². The van der Waals surface area contributed by atoms with Crippen LogP contribution in [0.1, 0.15) is 37.7 Å². The Morgan fingerprint density at radius 3 is 2.37 bits per heavy atom. The summed E-state index contributed by atoms with van der Waals surface area (Å²) in [4.78, 5) is 35.3. The summed E-state index contributed by atoms with van der Waals surface area (Å²) in [5.74, 6) is -1.24. The second kappa shape index (κ2) is 9.17. The topological polar surface area (TPSA) is 91.4 Å². The molecule has 0 saturated heterocycles. The van der Waals surface area contributed by atoms with Crippen LogP contribution in [0.15, 0.2) is 60.7 Å². The van der Waals surface area contributed by atoms with Gasteiger partial charge in [0.2, 0.25) is 5.78 Å². The van der Waals surface area contributed by atoms with E-state index in [0.29, 0.717) is 5.56 Å². The number of aromatic nitrogens is 1. The lowest BCUT2D eigenvalue weighted by Crippen LogP contribution is -2.16. The number of Topliss-reactive ketones (excluding diaryl/α,β-unsaturated/α-hetero) is 1. The number of hydrogen-bond acceptors (Lipinski definition) is 5. The molecule has 0 bridgehead atoms. The standard InChI is InChI=1S/C23H22N2O5/c1-16-14-20(17(2)24(16)13-12-18-8-4-3-5-9-18)22(26)15-30-23(27)19-10-6-7-11-21(19)25(28)29/h3-11,14H,12-13,15H2,1-2H3. The predicted octanol–water partition coefficient (Wildman–Crippen LogP) is 4.30. The molecule has 0 aliphatic rings. The molecule has 3 aromatic rings. The molecule has 0 atom stereocenters. The van der Waals surface area contributed by atoms with Crippen molar-refractivity contribution in [2.24, 2.45) is 0 Å². The number of para-hydroxylation sites is 1. The summed E-state index contributed by atoms with van der Waals surface area (Å²) in [5.41, 5.74) is 2.90. The third-order valence-corrected chi connectivity index (χ3v) is 5.00. The van der Waals surface area contributed by atoms with Crippen molar-refractivity contribution in [3.8, 4) is 0 Å². The van der Waals surface area contributed by atoms with E-state index in [2.05, 4.69) is 16.7 Å². The van der Waals surface area contributed by atoms with Gasteiger partial charge >= 0.3 is 5.97 Å². The van der Waals surface area contributed by atoms with Crippen molar-refractivity contribution < 1.29 is 19.2 Å². The highest BCUT2D eigenvalue weighted by molar-refractivity contribution is 6.01. The minimum atomic E-state index is -0.895. The summed E-state index contributed by atoms with van der Waals surface area (Å²) in [6, 6.07) is 17.3. The summed E-state index contributed by atoms with van der Waals surface area (Å²) < 4.78 is 7.13. The minimum absolute atomic E-state index is 0.177. The van der Waals surface area contributed by atoms with Crippen molar-refractivity contribution in [2.45, 2.75) is 26.8 Å². The third kappa shape index (κ3) is 4.63. The lowest BCUT2D eigenvalue weighted by atomic mass is 10.1. The molecule has 1 heterocycles. The Morgan fingerprint density at radius 2 is 1.67 bits per heavy atom. The molecular formula is C23H22N2O5. The minimum Gasteiger partial charge on any atom is -0.454 e. The van der Waals surface area contributed by atoms with Crippen LogP contribution in [0.4, 0.5) is 5.69 Å². The zero-order chi connectivity index (χ0) is 21.7. The van der Waals surface area contributed by atoms with E-state index >= 15 is 0 Å². The number of ether oxygens (including phenoxy) is 1. The van der Waals surface area contributed by atoms with E-state index in [-0.39, 0.29) is 17.0 Å². The maximum absolute atomic E-state index is 12.6. The fourth-order valence-electron chi connectivity index (χ4n) is 3.41. The number of hydrogen-bond donors (Lipinski definition) is 0. The Kier molecular flexibility index (Phi) is 6.41.